The van der Waals surface area contributed by atoms with Crippen molar-refractivity contribution in [1.29, 1.82) is 0 Å². The van der Waals surface area contributed by atoms with Gasteiger partial charge in [0.15, 0.2) is 11.6 Å². The second-order valence-corrected chi connectivity index (χ2v) is 9.70. The van der Waals surface area contributed by atoms with Gasteiger partial charge in [0, 0.05) is 48.6 Å². The number of hydrogen-bond donors (Lipinski definition) is 1. The lowest BCUT2D eigenvalue weighted by Crippen LogP contribution is -2.24. The molecule has 2 aromatic carbocycles. The average Bonchev–Trinajstić information content (AvgIpc) is 3.21. The van der Waals surface area contributed by atoms with Gasteiger partial charge in [0.05, 0.1) is 23.6 Å². The van der Waals surface area contributed by atoms with E-state index in [0.717, 1.165) is 35.7 Å². The van der Waals surface area contributed by atoms with Gasteiger partial charge >= 0.3 is 0 Å². The Morgan fingerprint density at radius 1 is 1.09 bits per heavy atom. The summed E-state index contributed by atoms with van der Waals surface area (Å²) in [5, 5.41) is 7.25. The van der Waals surface area contributed by atoms with Gasteiger partial charge in [-0.05, 0) is 48.3 Å². The molecule has 0 radical (unpaired) electrons. The Morgan fingerprint density at radius 2 is 1.79 bits per heavy atom. The molecular weight excluding hydrogens is 436 g/mol. The van der Waals surface area contributed by atoms with E-state index in [4.69, 9.17) is 0 Å². The van der Waals surface area contributed by atoms with Crippen LogP contribution >= 0.6 is 0 Å². The van der Waals surface area contributed by atoms with Gasteiger partial charge in [-0.1, -0.05) is 19.1 Å². The number of aryl methyl sites for hydroxylation is 1. The van der Waals surface area contributed by atoms with Crippen LogP contribution < -0.4 is 5.32 Å². The number of nitrogens with one attached hydrogen (secondary N) is 1. The van der Waals surface area contributed by atoms with Crippen molar-refractivity contribution in [2.45, 2.75) is 25.8 Å². The summed E-state index contributed by atoms with van der Waals surface area (Å²) in [5.41, 5.74) is 3.97. The van der Waals surface area contributed by atoms with Gasteiger partial charge < -0.3 is 9.88 Å². The molecule has 2 heterocycles. The first kappa shape index (κ1) is 21.0. The molecule has 2 aromatic heterocycles. The molecule has 6 rings (SSSR count). The molecule has 0 spiro atoms. The molecule has 1 amide bonds. The number of anilines is 1. The Hall–Kier alpha value is -3.55. The molecule has 1 N–H and O–H groups in total. The summed E-state index contributed by atoms with van der Waals surface area (Å²) in [5.74, 6) is -0.471. The number of carbonyl (C=O) groups excluding carboxylic acids is 1. The van der Waals surface area contributed by atoms with E-state index in [2.05, 4.69) is 15.4 Å². The molecular formula is C26H25F2N5O. The molecule has 2 fully saturated rings. The first-order valence-corrected chi connectivity index (χ1v) is 11.6. The first-order chi connectivity index (χ1) is 16.4. The predicted molar refractivity (Wildman–Crippen MR) is 125 cm³/mol. The molecule has 8 heteroatoms. The van der Waals surface area contributed by atoms with E-state index in [1.807, 2.05) is 55.2 Å². The van der Waals surface area contributed by atoms with Crippen molar-refractivity contribution in [2.75, 3.05) is 5.32 Å². The van der Waals surface area contributed by atoms with E-state index in [9.17, 15) is 13.6 Å². The molecule has 0 aliphatic heterocycles. The summed E-state index contributed by atoms with van der Waals surface area (Å²) < 4.78 is 31.0. The fourth-order valence-corrected chi connectivity index (χ4v) is 5.89. The number of amides is 1. The van der Waals surface area contributed by atoms with Crippen LogP contribution in [0.3, 0.4) is 0 Å². The second-order valence-electron chi connectivity index (χ2n) is 9.70. The summed E-state index contributed by atoms with van der Waals surface area (Å²) in [4.78, 5) is 17.2. The van der Waals surface area contributed by atoms with Crippen LogP contribution in [0.1, 0.15) is 25.8 Å². The monoisotopic (exact) mass is 461 g/mol. The minimum absolute atomic E-state index is 0.0377. The SMILES string of the molecule is C[C@H](C(=O)Nc1ccc(-c2cnn(C)c2)cc1)[C@H]1[C@@H]2C[C@@H](n3cnc4cc(F)c(F)cc43)C[C@@H]21. The summed E-state index contributed by atoms with van der Waals surface area (Å²) >= 11 is 0. The number of carbonyl (C=O) groups is 1. The maximum atomic E-state index is 13.8. The normalized spacial score (nSPS) is 24.2. The van der Waals surface area contributed by atoms with Crippen LogP contribution in [0.25, 0.3) is 22.2 Å². The number of fused-ring (bicyclic) bond motifs is 2. The molecule has 6 nitrogen and oxygen atoms in total. The lowest BCUT2D eigenvalue weighted by molar-refractivity contribution is -0.120. The van der Waals surface area contributed by atoms with E-state index < -0.39 is 11.6 Å². The zero-order valence-corrected chi connectivity index (χ0v) is 19.0. The lowest BCUT2D eigenvalue weighted by atomic mass is 9.96. The number of aromatic nitrogens is 4. The zero-order chi connectivity index (χ0) is 23.6. The first-order valence-electron chi connectivity index (χ1n) is 11.6. The molecule has 5 atom stereocenters. The molecule has 34 heavy (non-hydrogen) atoms. The minimum Gasteiger partial charge on any atom is -0.327 e. The summed E-state index contributed by atoms with van der Waals surface area (Å²) in [7, 11) is 1.88. The van der Waals surface area contributed by atoms with E-state index in [-0.39, 0.29) is 17.9 Å². The molecule has 2 aliphatic rings. The Balaban J connectivity index is 1.08. The van der Waals surface area contributed by atoms with Crippen LogP contribution in [0.4, 0.5) is 14.5 Å². The minimum atomic E-state index is -0.876. The highest BCUT2D eigenvalue weighted by molar-refractivity contribution is 5.93. The van der Waals surface area contributed by atoms with E-state index in [1.54, 1.807) is 11.0 Å². The van der Waals surface area contributed by atoms with Gasteiger partial charge in [-0.2, -0.15) is 5.10 Å². The number of hydrogen-bond acceptors (Lipinski definition) is 3. The smallest absolute Gasteiger partial charge is 0.227 e. The largest absolute Gasteiger partial charge is 0.327 e. The molecule has 0 saturated heterocycles. The fourth-order valence-electron chi connectivity index (χ4n) is 5.89. The third-order valence-corrected chi connectivity index (χ3v) is 7.68. The lowest BCUT2D eigenvalue weighted by Gasteiger charge is -2.20. The summed E-state index contributed by atoms with van der Waals surface area (Å²) in [6.07, 6.45) is 7.31. The number of halogens is 2. The molecule has 2 saturated carbocycles. The predicted octanol–water partition coefficient (Wildman–Crippen LogP) is 5.19. The maximum Gasteiger partial charge on any atom is 0.227 e. The highest BCUT2D eigenvalue weighted by Gasteiger charge is 2.59. The molecule has 174 valence electrons. The van der Waals surface area contributed by atoms with Crippen molar-refractivity contribution >= 4 is 22.6 Å². The van der Waals surface area contributed by atoms with Crippen molar-refractivity contribution in [1.82, 2.24) is 19.3 Å². The molecule has 0 bridgehead atoms. The van der Waals surface area contributed by atoms with Crippen molar-refractivity contribution in [3.63, 3.8) is 0 Å². The summed E-state index contributed by atoms with van der Waals surface area (Å²) in [6, 6.07) is 10.4. The van der Waals surface area contributed by atoms with E-state index in [0.29, 0.717) is 28.8 Å². The Labute approximate surface area is 195 Å². The fraction of sp³-hybridized carbons (Fsp3) is 0.346. The topological polar surface area (TPSA) is 64.7 Å². The summed E-state index contributed by atoms with van der Waals surface area (Å²) in [6.45, 7) is 2.00. The standard InChI is InChI=1S/C26H25F2N5O/c1-14(26(34)31-17-5-3-15(4-6-17)16-11-30-32(2)12-16)25-19-7-18(8-20(19)25)33-13-29-23-9-21(27)22(28)10-24(23)33/h3-6,9-14,18-20,25H,7-8H2,1-2H3,(H,31,34)/t14-,18-,19-,20+,25+/m0/s1. The third kappa shape index (κ3) is 3.48. The van der Waals surface area contributed by atoms with Crippen molar-refractivity contribution < 1.29 is 13.6 Å². The van der Waals surface area contributed by atoms with Crippen LogP contribution in [0.15, 0.2) is 55.1 Å². The van der Waals surface area contributed by atoms with Gasteiger partial charge in [0.1, 0.15) is 0 Å². The highest BCUT2D eigenvalue weighted by Crippen LogP contribution is 2.64. The van der Waals surface area contributed by atoms with Crippen molar-refractivity contribution in [3.05, 3.63) is 66.8 Å². The molecule has 0 unspecified atom stereocenters. The van der Waals surface area contributed by atoms with Crippen LogP contribution in [0.5, 0.6) is 0 Å². The van der Waals surface area contributed by atoms with E-state index >= 15 is 0 Å². The maximum absolute atomic E-state index is 13.8. The van der Waals surface area contributed by atoms with Crippen molar-refractivity contribution in [2.24, 2.45) is 30.7 Å². The van der Waals surface area contributed by atoms with Crippen LogP contribution in [0.2, 0.25) is 0 Å². The van der Waals surface area contributed by atoms with Crippen LogP contribution in [-0.2, 0) is 11.8 Å². The Bertz CT molecular complexity index is 1380. The van der Waals surface area contributed by atoms with Gasteiger partial charge in [-0.15, -0.1) is 0 Å². The van der Waals surface area contributed by atoms with Crippen molar-refractivity contribution in [3.8, 4) is 11.1 Å². The molecule has 2 aliphatic carbocycles. The van der Waals surface area contributed by atoms with Gasteiger partial charge in [-0.3, -0.25) is 9.48 Å². The van der Waals surface area contributed by atoms with Gasteiger partial charge in [0.25, 0.3) is 0 Å². The van der Waals surface area contributed by atoms with Crippen LogP contribution in [-0.4, -0.2) is 25.2 Å². The number of benzene rings is 2. The third-order valence-electron chi connectivity index (χ3n) is 7.68. The highest BCUT2D eigenvalue weighted by atomic mass is 19.2. The zero-order valence-electron chi connectivity index (χ0n) is 19.0. The number of imidazole rings is 1. The van der Waals surface area contributed by atoms with E-state index in [1.165, 1.54) is 6.07 Å². The average molecular weight is 462 g/mol. The number of nitrogens with zero attached hydrogens (tertiary/aromatic N) is 4. The Morgan fingerprint density at radius 3 is 2.47 bits per heavy atom. The Kier molecular flexibility index (Phi) is 4.79. The quantitative estimate of drug-likeness (QED) is 0.445. The van der Waals surface area contributed by atoms with Gasteiger partial charge in [0.2, 0.25) is 5.91 Å². The second kappa shape index (κ2) is 7.75. The molecule has 4 aromatic rings. The number of rotatable bonds is 5. The van der Waals surface area contributed by atoms with Gasteiger partial charge in [-0.25, -0.2) is 13.8 Å². The van der Waals surface area contributed by atoms with Crippen LogP contribution in [0, 0.1) is 35.3 Å².